The molecule has 0 bridgehead atoms. The molecule has 0 saturated carbocycles. The molecule has 1 nitrogen and oxygen atoms in total. The maximum absolute atomic E-state index is 3.50. The molecule has 1 fully saturated rings. The summed E-state index contributed by atoms with van der Waals surface area (Å²) in [7, 11) is 0. The highest BCUT2D eigenvalue weighted by Crippen LogP contribution is 2.21. The Morgan fingerprint density at radius 2 is 2.21 bits per heavy atom. The maximum atomic E-state index is 3.50. The van der Waals surface area contributed by atoms with E-state index in [0.29, 0.717) is 0 Å². The van der Waals surface area contributed by atoms with E-state index >= 15 is 0 Å². The normalized spacial score (nSPS) is 18.1. The summed E-state index contributed by atoms with van der Waals surface area (Å²) in [4.78, 5) is 2.51. The molecule has 0 aliphatic carbocycles. The van der Waals surface area contributed by atoms with E-state index in [9.17, 15) is 0 Å². The molecule has 2 rings (SSSR count). The number of hydrogen-bond acceptors (Lipinski definition) is 1. The number of nitrogens with zero attached hydrogens (tertiary/aromatic N) is 1. The average molecular weight is 254 g/mol. The highest BCUT2D eigenvalue weighted by atomic mass is 79.9. The first kappa shape index (κ1) is 10.2. The van der Waals surface area contributed by atoms with Crippen LogP contribution in [0.2, 0.25) is 0 Å². The van der Waals surface area contributed by atoms with Crippen molar-refractivity contribution < 1.29 is 0 Å². The monoisotopic (exact) mass is 253 g/mol. The second-order valence-electron chi connectivity index (χ2n) is 4.10. The van der Waals surface area contributed by atoms with Crippen molar-refractivity contribution in [1.29, 1.82) is 0 Å². The summed E-state index contributed by atoms with van der Waals surface area (Å²) in [5.41, 5.74) is 1.41. The topological polar surface area (TPSA) is 3.24 Å². The number of benzene rings is 1. The van der Waals surface area contributed by atoms with Gasteiger partial charge in [0.2, 0.25) is 0 Å². The molecule has 1 aromatic rings. The molecule has 0 unspecified atom stereocenters. The van der Waals surface area contributed by atoms with Crippen LogP contribution in [0.1, 0.15) is 18.9 Å². The molecule has 0 atom stereocenters. The van der Waals surface area contributed by atoms with E-state index in [1.807, 2.05) is 0 Å². The van der Waals surface area contributed by atoms with Crippen LogP contribution >= 0.6 is 15.9 Å². The molecule has 1 aromatic carbocycles. The van der Waals surface area contributed by atoms with Gasteiger partial charge in [-0.05, 0) is 23.6 Å². The van der Waals surface area contributed by atoms with E-state index in [-0.39, 0.29) is 0 Å². The summed E-state index contributed by atoms with van der Waals surface area (Å²) in [5.74, 6) is 0.946. The van der Waals surface area contributed by atoms with Crippen LogP contribution in [0.5, 0.6) is 0 Å². The van der Waals surface area contributed by atoms with E-state index in [4.69, 9.17) is 0 Å². The molecule has 1 aliphatic rings. The number of halogens is 1. The van der Waals surface area contributed by atoms with Gasteiger partial charge in [-0.15, -0.1) is 0 Å². The van der Waals surface area contributed by atoms with Crippen LogP contribution < -0.4 is 0 Å². The zero-order valence-corrected chi connectivity index (χ0v) is 10.1. The van der Waals surface area contributed by atoms with Gasteiger partial charge in [0.05, 0.1) is 0 Å². The van der Waals surface area contributed by atoms with Gasteiger partial charge < -0.3 is 0 Å². The Morgan fingerprint density at radius 1 is 1.43 bits per heavy atom. The van der Waals surface area contributed by atoms with E-state index < -0.39 is 0 Å². The summed E-state index contributed by atoms with van der Waals surface area (Å²) in [6.45, 7) is 5.95. The van der Waals surface area contributed by atoms with Crippen molar-refractivity contribution in [3.63, 3.8) is 0 Å². The van der Waals surface area contributed by atoms with Crippen molar-refractivity contribution in [3.05, 3.63) is 34.3 Å². The quantitative estimate of drug-likeness (QED) is 0.800. The van der Waals surface area contributed by atoms with Crippen molar-refractivity contribution >= 4 is 15.9 Å². The number of rotatable bonds is 3. The smallest absolute Gasteiger partial charge is 0.0234 e. The second kappa shape index (κ2) is 4.45. The Kier molecular flexibility index (Phi) is 3.24. The van der Waals surface area contributed by atoms with Crippen LogP contribution in [0.25, 0.3) is 0 Å². The molecule has 0 amide bonds. The summed E-state index contributed by atoms with van der Waals surface area (Å²) in [5, 5.41) is 0. The van der Waals surface area contributed by atoms with Gasteiger partial charge in [0.25, 0.3) is 0 Å². The molecule has 14 heavy (non-hydrogen) atoms. The summed E-state index contributed by atoms with van der Waals surface area (Å²) < 4.78 is 1.18. The molecule has 1 heterocycles. The minimum atomic E-state index is 0.946. The van der Waals surface area contributed by atoms with E-state index in [1.165, 1.54) is 29.5 Å². The van der Waals surface area contributed by atoms with Crippen molar-refractivity contribution in [3.8, 4) is 0 Å². The SMILES string of the molecule is CCC1CN(Cc2cccc(Br)c2)C1. The fraction of sp³-hybridized carbons (Fsp3) is 0.500. The highest BCUT2D eigenvalue weighted by Gasteiger charge is 2.24. The molecule has 0 spiro atoms. The van der Waals surface area contributed by atoms with Crippen molar-refractivity contribution in [2.75, 3.05) is 13.1 Å². The Bertz CT molecular complexity index is 305. The summed E-state index contributed by atoms with van der Waals surface area (Å²) >= 11 is 3.50. The zero-order valence-electron chi connectivity index (χ0n) is 8.54. The van der Waals surface area contributed by atoms with Crippen molar-refractivity contribution in [1.82, 2.24) is 4.90 Å². The third kappa shape index (κ3) is 2.37. The third-order valence-electron chi connectivity index (χ3n) is 2.91. The van der Waals surface area contributed by atoms with E-state index in [0.717, 1.165) is 12.5 Å². The fourth-order valence-electron chi connectivity index (χ4n) is 1.96. The van der Waals surface area contributed by atoms with Crippen molar-refractivity contribution in [2.45, 2.75) is 19.9 Å². The van der Waals surface area contributed by atoms with Crippen LogP contribution in [0.15, 0.2) is 28.7 Å². The van der Waals surface area contributed by atoms with Crippen LogP contribution in [0, 0.1) is 5.92 Å². The molecule has 1 saturated heterocycles. The van der Waals surface area contributed by atoms with Gasteiger partial charge in [0.15, 0.2) is 0 Å². The van der Waals surface area contributed by atoms with Gasteiger partial charge in [-0.1, -0.05) is 41.4 Å². The lowest BCUT2D eigenvalue weighted by Crippen LogP contribution is -2.45. The minimum absolute atomic E-state index is 0.946. The Hall–Kier alpha value is -0.340. The Morgan fingerprint density at radius 3 is 2.86 bits per heavy atom. The van der Waals surface area contributed by atoms with Crippen LogP contribution in [-0.2, 0) is 6.54 Å². The van der Waals surface area contributed by atoms with Crippen LogP contribution in [0.3, 0.4) is 0 Å². The lowest BCUT2D eigenvalue weighted by atomic mass is 9.97. The molecule has 0 radical (unpaired) electrons. The molecular formula is C12H16BrN. The van der Waals surface area contributed by atoms with Gasteiger partial charge in [-0.3, -0.25) is 4.90 Å². The lowest BCUT2D eigenvalue weighted by molar-refractivity contribution is 0.0899. The van der Waals surface area contributed by atoms with Gasteiger partial charge >= 0.3 is 0 Å². The number of hydrogen-bond donors (Lipinski definition) is 0. The molecule has 0 N–H and O–H groups in total. The predicted octanol–water partition coefficient (Wildman–Crippen LogP) is 3.29. The summed E-state index contributed by atoms with van der Waals surface area (Å²) in [6.07, 6.45) is 1.33. The van der Waals surface area contributed by atoms with Gasteiger partial charge in [-0.25, -0.2) is 0 Å². The van der Waals surface area contributed by atoms with Gasteiger partial charge in [-0.2, -0.15) is 0 Å². The minimum Gasteiger partial charge on any atom is -0.298 e. The molecule has 0 aromatic heterocycles. The zero-order chi connectivity index (χ0) is 9.97. The molecule has 2 heteroatoms. The predicted molar refractivity (Wildman–Crippen MR) is 63.2 cm³/mol. The van der Waals surface area contributed by atoms with E-state index in [1.54, 1.807) is 0 Å². The van der Waals surface area contributed by atoms with Crippen LogP contribution in [-0.4, -0.2) is 18.0 Å². The highest BCUT2D eigenvalue weighted by molar-refractivity contribution is 9.10. The van der Waals surface area contributed by atoms with Gasteiger partial charge in [0, 0.05) is 24.1 Å². The fourth-order valence-corrected chi connectivity index (χ4v) is 2.40. The van der Waals surface area contributed by atoms with E-state index in [2.05, 4.69) is 52.0 Å². The molecule has 76 valence electrons. The summed E-state index contributed by atoms with van der Waals surface area (Å²) in [6, 6.07) is 8.59. The maximum Gasteiger partial charge on any atom is 0.0234 e. The molecule has 1 aliphatic heterocycles. The third-order valence-corrected chi connectivity index (χ3v) is 3.40. The van der Waals surface area contributed by atoms with Gasteiger partial charge in [0.1, 0.15) is 0 Å². The first-order chi connectivity index (χ1) is 6.78. The second-order valence-corrected chi connectivity index (χ2v) is 5.01. The molecular weight excluding hydrogens is 238 g/mol. The van der Waals surface area contributed by atoms with Crippen molar-refractivity contribution in [2.24, 2.45) is 5.92 Å². The standard InChI is InChI=1S/C12H16BrN/c1-2-10-7-14(8-10)9-11-4-3-5-12(13)6-11/h3-6,10H,2,7-9H2,1H3. The lowest BCUT2D eigenvalue weighted by Gasteiger charge is -2.38. The largest absolute Gasteiger partial charge is 0.298 e. The first-order valence-corrected chi connectivity index (χ1v) is 6.04. The Balaban J connectivity index is 1.87. The Labute approximate surface area is 94.2 Å². The number of likely N-dealkylation sites (tertiary alicyclic amines) is 1. The van der Waals surface area contributed by atoms with Crippen LogP contribution in [0.4, 0.5) is 0 Å². The average Bonchev–Trinajstić information content (AvgIpc) is 2.10. The first-order valence-electron chi connectivity index (χ1n) is 5.24.